The van der Waals surface area contributed by atoms with Crippen molar-refractivity contribution in [3.05, 3.63) is 35.6 Å². The number of halogens is 1. The first kappa shape index (κ1) is 14.5. The lowest BCUT2D eigenvalue weighted by Crippen LogP contribution is -2.59. The molecule has 1 aliphatic carbocycles. The van der Waals surface area contributed by atoms with E-state index in [0.717, 1.165) is 31.5 Å². The fraction of sp³-hybridized carbons (Fsp3) is 0.562. The number of carbonyl (C=O) groups excluding carboxylic acids is 1. The summed E-state index contributed by atoms with van der Waals surface area (Å²) >= 11 is 0. The van der Waals surface area contributed by atoms with Crippen LogP contribution in [0.3, 0.4) is 0 Å². The van der Waals surface area contributed by atoms with Gasteiger partial charge in [-0.3, -0.25) is 4.79 Å². The second-order valence-electron chi connectivity index (χ2n) is 6.22. The first-order valence-corrected chi connectivity index (χ1v) is 7.44. The first-order valence-electron chi connectivity index (χ1n) is 7.44. The van der Waals surface area contributed by atoms with E-state index in [4.69, 9.17) is 4.74 Å². The van der Waals surface area contributed by atoms with E-state index in [2.05, 4.69) is 5.32 Å². The summed E-state index contributed by atoms with van der Waals surface area (Å²) in [6.45, 7) is 4.13. The predicted molar refractivity (Wildman–Crippen MR) is 77.2 cm³/mol. The van der Waals surface area contributed by atoms with E-state index >= 15 is 0 Å². The van der Waals surface area contributed by atoms with Gasteiger partial charge in [0.2, 0.25) is 5.91 Å². The third-order valence-corrected chi connectivity index (χ3v) is 4.09. The van der Waals surface area contributed by atoms with Crippen LogP contribution in [-0.4, -0.2) is 42.1 Å². The van der Waals surface area contributed by atoms with E-state index in [1.54, 1.807) is 6.07 Å². The van der Waals surface area contributed by atoms with Crippen LogP contribution in [0.25, 0.3) is 0 Å². The Bertz CT molecular complexity index is 527. The molecule has 1 aromatic rings. The maximum Gasteiger partial charge on any atom is 0.249 e. The highest BCUT2D eigenvalue weighted by Gasteiger charge is 2.36. The number of amides is 1. The topological polar surface area (TPSA) is 41.6 Å². The van der Waals surface area contributed by atoms with Gasteiger partial charge in [0.1, 0.15) is 12.4 Å². The second-order valence-corrected chi connectivity index (χ2v) is 6.22. The molecule has 1 aromatic carbocycles. The summed E-state index contributed by atoms with van der Waals surface area (Å²) in [5, 5.41) is 3.14. The Morgan fingerprint density at radius 1 is 1.48 bits per heavy atom. The molecule has 0 unspecified atom stereocenters. The minimum atomic E-state index is -0.264. The third kappa shape index (κ3) is 3.60. The minimum Gasteiger partial charge on any atom is -0.363 e. The third-order valence-electron chi connectivity index (χ3n) is 4.09. The summed E-state index contributed by atoms with van der Waals surface area (Å²) in [4.78, 5) is 14.2. The Kier molecular flexibility index (Phi) is 3.95. The van der Waals surface area contributed by atoms with Gasteiger partial charge in [-0.15, -0.1) is 0 Å². The summed E-state index contributed by atoms with van der Waals surface area (Å²) in [6, 6.07) is 6.72. The van der Waals surface area contributed by atoms with Gasteiger partial charge in [-0.2, -0.15) is 0 Å². The number of nitrogens with zero attached hydrogens (tertiary/aromatic N) is 1. The maximum atomic E-state index is 13.3. The molecule has 4 nitrogen and oxygen atoms in total. The van der Waals surface area contributed by atoms with Crippen molar-refractivity contribution in [1.29, 1.82) is 0 Å². The van der Waals surface area contributed by atoms with Crippen LogP contribution in [0.1, 0.15) is 25.3 Å². The molecular formula is C16H21FN2O2. The Morgan fingerprint density at radius 2 is 2.24 bits per heavy atom. The summed E-state index contributed by atoms with van der Waals surface area (Å²) in [5.74, 6) is -0.269. The van der Waals surface area contributed by atoms with Gasteiger partial charge in [-0.1, -0.05) is 12.1 Å². The van der Waals surface area contributed by atoms with Gasteiger partial charge < -0.3 is 15.0 Å². The van der Waals surface area contributed by atoms with Crippen LogP contribution < -0.4 is 5.32 Å². The van der Waals surface area contributed by atoms with Gasteiger partial charge in [-0.25, -0.2) is 4.39 Å². The summed E-state index contributed by atoms with van der Waals surface area (Å²) < 4.78 is 19.0. The van der Waals surface area contributed by atoms with Crippen molar-refractivity contribution in [3.63, 3.8) is 0 Å². The Labute approximate surface area is 124 Å². The molecular weight excluding hydrogens is 271 g/mol. The highest BCUT2D eigenvalue weighted by Crippen LogP contribution is 2.29. The average Bonchev–Trinajstić information content (AvgIpc) is 3.24. The number of benzene rings is 1. The maximum absolute atomic E-state index is 13.3. The number of rotatable bonds is 6. The number of ether oxygens (including phenoxy) is 1. The van der Waals surface area contributed by atoms with Gasteiger partial charge >= 0.3 is 0 Å². The van der Waals surface area contributed by atoms with E-state index in [0.29, 0.717) is 6.54 Å². The van der Waals surface area contributed by atoms with Crippen molar-refractivity contribution in [2.45, 2.75) is 38.0 Å². The average molecular weight is 292 g/mol. The lowest BCUT2D eigenvalue weighted by Gasteiger charge is -2.39. The molecule has 5 heteroatoms. The number of carbonyl (C=O) groups is 1. The molecule has 114 valence electrons. The zero-order chi connectivity index (χ0) is 14.9. The molecule has 1 aliphatic heterocycles. The molecule has 2 fully saturated rings. The quantitative estimate of drug-likeness (QED) is 0.867. The summed E-state index contributed by atoms with van der Waals surface area (Å²) in [5.41, 5.74) is 0.607. The largest absolute Gasteiger partial charge is 0.363 e. The lowest BCUT2D eigenvalue weighted by molar-refractivity contribution is -0.147. The SMILES string of the molecule is CC1(OCC(=O)N(Cc2cccc(F)c2)C2CC2)CNC1. The number of nitrogens with one attached hydrogen (secondary N) is 1. The summed E-state index contributed by atoms with van der Waals surface area (Å²) in [6.07, 6.45) is 2.06. The van der Waals surface area contributed by atoms with Gasteiger partial charge in [0.25, 0.3) is 0 Å². The minimum absolute atomic E-state index is 0.00473. The molecule has 0 spiro atoms. The van der Waals surface area contributed by atoms with Crippen LogP contribution in [0.2, 0.25) is 0 Å². The van der Waals surface area contributed by atoms with Crippen molar-refractivity contribution in [3.8, 4) is 0 Å². The van der Waals surface area contributed by atoms with Crippen molar-refractivity contribution in [2.75, 3.05) is 19.7 Å². The van der Waals surface area contributed by atoms with E-state index < -0.39 is 0 Å². The lowest BCUT2D eigenvalue weighted by atomic mass is 10.0. The number of hydrogen-bond donors (Lipinski definition) is 1. The Morgan fingerprint density at radius 3 is 2.81 bits per heavy atom. The molecule has 1 heterocycles. The van der Waals surface area contributed by atoms with Gasteiger partial charge in [-0.05, 0) is 37.5 Å². The van der Waals surface area contributed by atoms with E-state index in [1.807, 2.05) is 17.9 Å². The zero-order valence-electron chi connectivity index (χ0n) is 12.3. The number of hydrogen-bond acceptors (Lipinski definition) is 3. The van der Waals surface area contributed by atoms with Gasteiger partial charge in [0, 0.05) is 25.7 Å². The van der Waals surface area contributed by atoms with Crippen LogP contribution in [0.4, 0.5) is 4.39 Å². The highest BCUT2D eigenvalue weighted by molar-refractivity contribution is 5.78. The summed E-state index contributed by atoms with van der Waals surface area (Å²) in [7, 11) is 0. The Balaban J connectivity index is 1.60. The molecule has 1 amide bonds. The molecule has 3 rings (SSSR count). The van der Waals surface area contributed by atoms with Crippen LogP contribution in [0, 0.1) is 5.82 Å². The molecule has 0 aromatic heterocycles. The van der Waals surface area contributed by atoms with E-state index in [9.17, 15) is 9.18 Å². The van der Waals surface area contributed by atoms with Crippen LogP contribution in [0.15, 0.2) is 24.3 Å². The van der Waals surface area contributed by atoms with Crippen molar-refractivity contribution in [2.24, 2.45) is 0 Å². The molecule has 1 saturated carbocycles. The van der Waals surface area contributed by atoms with Crippen molar-refractivity contribution < 1.29 is 13.9 Å². The van der Waals surface area contributed by atoms with Gasteiger partial charge in [0.05, 0.1) is 5.60 Å². The van der Waals surface area contributed by atoms with E-state index in [1.165, 1.54) is 12.1 Å². The van der Waals surface area contributed by atoms with E-state index in [-0.39, 0.29) is 30.0 Å². The van der Waals surface area contributed by atoms with Crippen LogP contribution in [0.5, 0.6) is 0 Å². The Hall–Kier alpha value is -1.46. The first-order chi connectivity index (χ1) is 10.1. The molecule has 0 bridgehead atoms. The zero-order valence-corrected chi connectivity index (χ0v) is 12.3. The second kappa shape index (κ2) is 5.73. The van der Waals surface area contributed by atoms with Crippen molar-refractivity contribution in [1.82, 2.24) is 10.2 Å². The standard InChI is InChI=1S/C16H21FN2O2/c1-16(10-18-11-16)21-9-15(20)19(14-5-6-14)8-12-3-2-4-13(17)7-12/h2-4,7,14,18H,5-6,8-11H2,1H3. The smallest absolute Gasteiger partial charge is 0.249 e. The monoisotopic (exact) mass is 292 g/mol. The molecule has 0 radical (unpaired) electrons. The normalized spacial score (nSPS) is 19.9. The van der Waals surface area contributed by atoms with Crippen molar-refractivity contribution >= 4 is 5.91 Å². The molecule has 2 aliphatic rings. The predicted octanol–water partition coefficient (Wildman–Crippen LogP) is 1.70. The molecule has 1 saturated heterocycles. The molecule has 1 N–H and O–H groups in total. The fourth-order valence-electron chi connectivity index (χ4n) is 2.54. The molecule has 0 atom stereocenters. The van der Waals surface area contributed by atoms with Crippen LogP contribution in [-0.2, 0) is 16.1 Å². The van der Waals surface area contributed by atoms with Crippen LogP contribution >= 0.6 is 0 Å². The highest BCUT2D eigenvalue weighted by atomic mass is 19.1. The molecule has 21 heavy (non-hydrogen) atoms. The fourth-order valence-corrected chi connectivity index (χ4v) is 2.54. The van der Waals surface area contributed by atoms with Gasteiger partial charge in [0.15, 0.2) is 0 Å².